The van der Waals surface area contributed by atoms with Crippen LogP contribution in [-0.2, 0) is 19.5 Å². The highest BCUT2D eigenvalue weighted by Gasteiger charge is 2.22. The normalized spacial score (nSPS) is 14.5. The van der Waals surface area contributed by atoms with Crippen molar-refractivity contribution >= 4 is 0 Å². The third kappa shape index (κ3) is 2.85. The Kier molecular flexibility index (Phi) is 3.70. The third-order valence-corrected chi connectivity index (χ3v) is 4.16. The molecule has 0 fully saturated rings. The maximum Gasteiger partial charge on any atom is 0.255 e. The summed E-state index contributed by atoms with van der Waals surface area (Å²) >= 11 is 0. The minimum Gasteiger partial charge on any atom is -0.465 e. The minimum absolute atomic E-state index is 0.0980. The highest BCUT2D eigenvalue weighted by Crippen LogP contribution is 2.19. The smallest absolute Gasteiger partial charge is 0.255 e. The summed E-state index contributed by atoms with van der Waals surface area (Å²) in [5.74, 6) is 2.34. The molecule has 24 heavy (non-hydrogen) atoms. The van der Waals surface area contributed by atoms with E-state index in [1.54, 1.807) is 12.4 Å². The van der Waals surface area contributed by atoms with E-state index in [2.05, 4.69) is 24.8 Å². The fourth-order valence-electron chi connectivity index (χ4n) is 2.96. The van der Waals surface area contributed by atoms with E-state index in [-0.39, 0.29) is 5.56 Å². The van der Waals surface area contributed by atoms with Crippen LogP contribution in [-0.4, -0.2) is 31.4 Å². The second kappa shape index (κ2) is 6.01. The lowest BCUT2D eigenvalue weighted by atomic mass is 10.1. The molecular weight excluding hydrogens is 306 g/mol. The van der Waals surface area contributed by atoms with Crippen molar-refractivity contribution in [3.8, 4) is 11.4 Å². The predicted octanol–water partition coefficient (Wildman–Crippen LogP) is 1.69. The van der Waals surface area contributed by atoms with E-state index < -0.39 is 0 Å². The molecule has 0 spiro atoms. The van der Waals surface area contributed by atoms with E-state index in [9.17, 15) is 4.79 Å². The number of aromatic amines is 1. The monoisotopic (exact) mass is 323 g/mol. The van der Waals surface area contributed by atoms with E-state index in [0.29, 0.717) is 24.5 Å². The molecule has 7 nitrogen and oxygen atoms in total. The van der Waals surface area contributed by atoms with Crippen LogP contribution in [0.15, 0.2) is 40.1 Å². The molecule has 0 unspecified atom stereocenters. The number of hydrogen-bond acceptors (Lipinski definition) is 6. The summed E-state index contributed by atoms with van der Waals surface area (Å²) in [5, 5.41) is 0. The van der Waals surface area contributed by atoms with Crippen LogP contribution in [0.1, 0.15) is 22.8 Å². The first-order valence-corrected chi connectivity index (χ1v) is 7.84. The highest BCUT2D eigenvalue weighted by molar-refractivity contribution is 5.52. The molecule has 0 bridgehead atoms. The van der Waals surface area contributed by atoms with Gasteiger partial charge in [0, 0.05) is 31.9 Å². The molecule has 0 atom stereocenters. The van der Waals surface area contributed by atoms with Crippen molar-refractivity contribution in [1.82, 2.24) is 24.8 Å². The van der Waals surface area contributed by atoms with Crippen LogP contribution in [0.3, 0.4) is 0 Å². The second-order valence-electron chi connectivity index (χ2n) is 5.94. The maximum atomic E-state index is 12.5. The number of H-pyrrole nitrogens is 1. The fraction of sp³-hybridized carbons (Fsp3) is 0.294. The Labute approximate surface area is 138 Å². The molecule has 1 aliphatic heterocycles. The lowest BCUT2D eigenvalue weighted by Crippen LogP contribution is -2.35. The molecule has 0 saturated heterocycles. The largest absolute Gasteiger partial charge is 0.465 e. The Balaban J connectivity index is 1.59. The number of aryl methyl sites for hydroxylation is 1. The van der Waals surface area contributed by atoms with Crippen molar-refractivity contribution in [1.29, 1.82) is 0 Å². The number of furan rings is 1. The summed E-state index contributed by atoms with van der Waals surface area (Å²) in [5.41, 5.74) is 2.19. The molecule has 0 aliphatic carbocycles. The maximum absolute atomic E-state index is 12.5. The van der Waals surface area contributed by atoms with E-state index in [0.717, 1.165) is 35.7 Å². The molecule has 0 aromatic carbocycles. The van der Waals surface area contributed by atoms with Gasteiger partial charge in [0.15, 0.2) is 0 Å². The van der Waals surface area contributed by atoms with Gasteiger partial charge in [-0.05, 0) is 19.1 Å². The second-order valence-corrected chi connectivity index (χ2v) is 5.94. The Morgan fingerprint density at radius 1 is 1.29 bits per heavy atom. The van der Waals surface area contributed by atoms with Crippen LogP contribution < -0.4 is 5.56 Å². The molecule has 7 heteroatoms. The van der Waals surface area contributed by atoms with E-state index >= 15 is 0 Å². The Morgan fingerprint density at radius 3 is 2.88 bits per heavy atom. The molecule has 1 aliphatic rings. The zero-order valence-corrected chi connectivity index (χ0v) is 13.3. The van der Waals surface area contributed by atoms with Gasteiger partial charge in [-0.3, -0.25) is 9.69 Å². The van der Waals surface area contributed by atoms with Crippen molar-refractivity contribution in [2.24, 2.45) is 0 Å². The van der Waals surface area contributed by atoms with Crippen LogP contribution in [0, 0.1) is 6.92 Å². The number of fused-ring (bicyclic) bond motifs is 1. The molecule has 0 radical (unpaired) electrons. The summed E-state index contributed by atoms with van der Waals surface area (Å²) in [7, 11) is 0. The van der Waals surface area contributed by atoms with Crippen LogP contribution in [0.5, 0.6) is 0 Å². The summed E-state index contributed by atoms with van der Waals surface area (Å²) < 4.78 is 5.62. The SMILES string of the molecule is Cc1ccc(CN2CCc3nc(-c4cncnc4)[nH]c(=O)c3C2)o1. The predicted molar refractivity (Wildman–Crippen MR) is 87.1 cm³/mol. The Hall–Kier alpha value is -2.80. The average Bonchev–Trinajstić information content (AvgIpc) is 3.01. The number of hydrogen-bond donors (Lipinski definition) is 1. The number of aromatic nitrogens is 4. The van der Waals surface area contributed by atoms with Gasteiger partial charge in [-0.2, -0.15) is 0 Å². The fourth-order valence-corrected chi connectivity index (χ4v) is 2.96. The molecule has 0 saturated carbocycles. The molecule has 3 aromatic rings. The van der Waals surface area contributed by atoms with Crippen molar-refractivity contribution in [3.05, 3.63) is 64.0 Å². The first-order valence-electron chi connectivity index (χ1n) is 7.84. The number of nitrogens with zero attached hydrogens (tertiary/aromatic N) is 4. The summed E-state index contributed by atoms with van der Waals surface area (Å²) in [4.78, 5) is 30.1. The quantitative estimate of drug-likeness (QED) is 0.789. The topological polar surface area (TPSA) is 87.9 Å². The Bertz CT molecular complexity index is 916. The van der Waals surface area contributed by atoms with Gasteiger partial charge in [0.2, 0.25) is 0 Å². The third-order valence-electron chi connectivity index (χ3n) is 4.16. The molecule has 1 N–H and O–H groups in total. The van der Waals surface area contributed by atoms with Gasteiger partial charge >= 0.3 is 0 Å². The van der Waals surface area contributed by atoms with Crippen molar-refractivity contribution in [3.63, 3.8) is 0 Å². The van der Waals surface area contributed by atoms with Gasteiger partial charge in [0.1, 0.15) is 23.7 Å². The van der Waals surface area contributed by atoms with Gasteiger partial charge in [0.25, 0.3) is 5.56 Å². The zero-order valence-electron chi connectivity index (χ0n) is 13.3. The summed E-state index contributed by atoms with van der Waals surface area (Å²) in [6.07, 6.45) is 5.48. The van der Waals surface area contributed by atoms with Crippen LogP contribution in [0.2, 0.25) is 0 Å². The molecule has 4 rings (SSSR count). The average molecular weight is 323 g/mol. The van der Waals surface area contributed by atoms with E-state index in [1.165, 1.54) is 6.33 Å². The molecule has 122 valence electrons. The first kappa shape index (κ1) is 14.8. The Morgan fingerprint density at radius 2 is 2.12 bits per heavy atom. The van der Waals surface area contributed by atoms with Gasteiger partial charge in [0.05, 0.1) is 23.4 Å². The van der Waals surface area contributed by atoms with Crippen LogP contribution >= 0.6 is 0 Å². The zero-order chi connectivity index (χ0) is 16.5. The lowest BCUT2D eigenvalue weighted by molar-refractivity contribution is 0.221. The standard InChI is InChI=1S/C17H17N5O2/c1-11-2-3-13(24-11)8-22-5-4-15-14(9-22)17(23)21-16(20-15)12-6-18-10-19-7-12/h2-3,6-7,10H,4-5,8-9H2,1H3,(H,20,21,23). The van der Waals surface area contributed by atoms with Gasteiger partial charge in [-0.25, -0.2) is 15.0 Å². The molecule has 4 heterocycles. The van der Waals surface area contributed by atoms with Crippen LogP contribution in [0.4, 0.5) is 0 Å². The number of nitrogens with one attached hydrogen (secondary N) is 1. The first-order chi connectivity index (χ1) is 11.7. The van der Waals surface area contributed by atoms with E-state index in [1.807, 2.05) is 19.1 Å². The minimum atomic E-state index is -0.0980. The van der Waals surface area contributed by atoms with Crippen LogP contribution in [0.25, 0.3) is 11.4 Å². The summed E-state index contributed by atoms with van der Waals surface area (Å²) in [6, 6.07) is 3.93. The van der Waals surface area contributed by atoms with Crippen molar-refractivity contribution < 1.29 is 4.42 Å². The highest BCUT2D eigenvalue weighted by atomic mass is 16.3. The van der Waals surface area contributed by atoms with Crippen molar-refractivity contribution in [2.45, 2.75) is 26.4 Å². The molecule has 0 amide bonds. The lowest BCUT2D eigenvalue weighted by Gasteiger charge is -2.26. The molecular formula is C17H17N5O2. The van der Waals surface area contributed by atoms with Crippen molar-refractivity contribution in [2.75, 3.05) is 6.54 Å². The van der Waals surface area contributed by atoms with Gasteiger partial charge in [-0.1, -0.05) is 0 Å². The number of rotatable bonds is 3. The van der Waals surface area contributed by atoms with Gasteiger partial charge in [-0.15, -0.1) is 0 Å². The summed E-state index contributed by atoms with van der Waals surface area (Å²) in [6.45, 7) is 4.04. The van der Waals surface area contributed by atoms with Gasteiger partial charge < -0.3 is 9.40 Å². The van der Waals surface area contributed by atoms with E-state index in [4.69, 9.17) is 4.42 Å². The molecule has 3 aromatic heterocycles.